The van der Waals surface area contributed by atoms with Gasteiger partial charge in [-0.1, -0.05) is 143 Å². The summed E-state index contributed by atoms with van der Waals surface area (Å²) in [6.07, 6.45) is 0. The second-order valence-electron chi connectivity index (χ2n) is 16.7. The molecule has 0 saturated carbocycles. The number of para-hydroxylation sites is 2. The van der Waals surface area contributed by atoms with Gasteiger partial charge in [-0.3, -0.25) is 4.57 Å². The highest BCUT2D eigenvalue weighted by Crippen LogP contribution is 2.39. The van der Waals surface area contributed by atoms with Crippen molar-refractivity contribution in [1.29, 1.82) is 0 Å². The monoisotopic (exact) mass is 830 g/mol. The molecule has 0 spiro atoms. The van der Waals surface area contributed by atoms with Crippen LogP contribution in [0.4, 0.5) is 0 Å². The molecule has 3 heterocycles. The Balaban J connectivity index is 1.14. The van der Waals surface area contributed by atoms with E-state index in [0.29, 0.717) is 33.5 Å². The molecule has 3 aromatic heterocycles. The zero-order valence-corrected chi connectivity index (χ0v) is 35.7. The van der Waals surface area contributed by atoms with Gasteiger partial charge in [-0.2, -0.15) is 9.97 Å². The second kappa shape index (κ2) is 15.4. The highest BCUT2D eigenvalue weighted by Gasteiger charge is 2.28. The molecule has 67 heavy (non-hydrogen) atoms. The van der Waals surface area contributed by atoms with Gasteiger partial charge >= 0.3 is 0 Å². The van der Waals surface area contributed by atoms with Crippen molar-refractivity contribution >= 4 is 185 Å². The summed E-state index contributed by atoms with van der Waals surface area (Å²) in [7, 11) is 60.2. The van der Waals surface area contributed by atoms with E-state index in [-0.39, 0.29) is 77.1 Å². The Bertz CT molecular complexity index is 4060. The first-order chi connectivity index (χ1) is 32.5. The molecule has 288 valence electrons. The van der Waals surface area contributed by atoms with Gasteiger partial charge in [-0.25, -0.2) is 4.98 Å². The molecule has 0 amide bonds. The Labute approximate surface area is 397 Å². The third kappa shape index (κ3) is 6.18. The molecule has 0 aliphatic heterocycles. The molecule has 12 aromatic rings. The number of rotatable bonds is 5. The molecular weight excluding hydrogens is 806 g/mol. The molecule has 14 heteroatoms. The Morgan fingerprint density at radius 2 is 0.851 bits per heavy atom. The van der Waals surface area contributed by atoms with E-state index in [1.807, 2.05) is 59.2 Å². The van der Waals surface area contributed by atoms with E-state index in [0.717, 1.165) is 44.1 Å². The van der Waals surface area contributed by atoms with Gasteiger partial charge < -0.3 is 4.42 Å². The maximum Gasteiger partial charge on any atom is 0.238 e. The van der Waals surface area contributed by atoms with E-state index >= 15 is 0 Å². The molecular formula is C53H23B9N4O. The van der Waals surface area contributed by atoms with Gasteiger partial charge in [0.2, 0.25) is 5.95 Å². The fourth-order valence-corrected chi connectivity index (χ4v) is 9.58. The number of hydrogen-bond donors (Lipinski definition) is 0. The first kappa shape index (κ1) is 41.1. The molecule has 0 saturated heterocycles. The summed E-state index contributed by atoms with van der Waals surface area (Å²) in [5.74, 6) is 0.807. The van der Waals surface area contributed by atoms with Gasteiger partial charge in [0.05, 0.1) is 11.0 Å². The summed E-state index contributed by atoms with van der Waals surface area (Å²) >= 11 is 0. The lowest BCUT2D eigenvalue weighted by molar-refractivity contribution is 0.676. The summed E-state index contributed by atoms with van der Waals surface area (Å²) in [4.78, 5) is 15.7. The van der Waals surface area contributed by atoms with Crippen LogP contribution in [0.15, 0.2) is 144 Å². The fraction of sp³-hybridized carbons (Fsp3) is 0. The average Bonchev–Trinajstić information content (AvgIpc) is 3.92. The van der Waals surface area contributed by atoms with E-state index in [1.54, 1.807) is 0 Å². The predicted octanol–water partition coefficient (Wildman–Crippen LogP) is 2.99. The molecule has 0 aliphatic rings. The molecule has 0 unspecified atom stereocenters. The first-order valence-electron chi connectivity index (χ1n) is 21.4. The van der Waals surface area contributed by atoms with Crippen LogP contribution >= 0.6 is 0 Å². The molecule has 0 aliphatic carbocycles. The molecule has 9 aromatic carbocycles. The normalized spacial score (nSPS) is 11.8. The van der Waals surface area contributed by atoms with Crippen molar-refractivity contribution in [3.05, 3.63) is 140 Å². The third-order valence-corrected chi connectivity index (χ3v) is 13.0. The van der Waals surface area contributed by atoms with E-state index in [1.165, 1.54) is 10.8 Å². The van der Waals surface area contributed by atoms with Gasteiger partial charge in [0, 0.05) is 38.1 Å². The maximum atomic E-state index is 7.32. The summed E-state index contributed by atoms with van der Waals surface area (Å²) in [6.45, 7) is 0. The lowest BCUT2D eigenvalue weighted by atomic mass is 9.62. The quantitative estimate of drug-likeness (QED) is 0.251. The van der Waals surface area contributed by atoms with E-state index < -0.39 is 0 Å². The zero-order chi connectivity index (χ0) is 46.0. The predicted molar refractivity (Wildman–Crippen MR) is 287 cm³/mol. The molecule has 0 atom stereocenters. The van der Waals surface area contributed by atoms with Crippen LogP contribution in [0, 0.1) is 0 Å². The van der Waals surface area contributed by atoms with Crippen molar-refractivity contribution in [2.24, 2.45) is 0 Å². The minimum absolute atomic E-state index is 0.0510. The smallest absolute Gasteiger partial charge is 0.238 e. The van der Waals surface area contributed by atoms with Gasteiger partial charge in [-0.15, -0.1) is 21.9 Å². The van der Waals surface area contributed by atoms with E-state index in [2.05, 4.69) is 84.9 Å². The standard InChI is InChI=1S/C53H23B9N4O/c54-40-36-38(43(57)45(59)44(58)41(36)55)49-35(37-42(56)46(60)47(61)48(62)50(37)67-49)39(40)52-63-51(64-53(65-52)66-33-14-5-3-12-31(33)32-13-4-6-15-34(32)66)30-11-7-10-28(23-30)25-16-18-26(19-17-25)29-21-20-24-8-1-2-9-27(24)22-29/h1-23H. The first-order valence-corrected chi connectivity index (χ1v) is 21.4. The van der Waals surface area contributed by atoms with Crippen molar-refractivity contribution in [3.63, 3.8) is 0 Å². The third-order valence-electron chi connectivity index (χ3n) is 13.0. The van der Waals surface area contributed by atoms with Crippen LogP contribution < -0.4 is 49.2 Å². The molecule has 0 fully saturated rings. The van der Waals surface area contributed by atoms with Crippen molar-refractivity contribution in [1.82, 2.24) is 19.5 Å². The molecule has 18 radical (unpaired) electrons. The van der Waals surface area contributed by atoms with Crippen molar-refractivity contribution in [2.75, 3.05) is 0 Å². The number of fused-ring (bicyclic) bond motifs is 9. The largest absolute Gasteiger partial charge is 0.456 e. The number of nitrogens with zero attached hydrogens (tertiary/aromatic N) is 4. The Kier molecular flexibility index (Phi) is 9.45. The maximum absolute atomic E-state index is 7.32. The van der Waals surface area contributed by atoms with E-state index in [4.69, 9.17) is 90.0 Å². The topological polar surface area (TPSA) is 56.7 Å². The zero-order valence-electron chi connectivity index (χ0n) is 35.7. The highest BCUT2D eigenvalue weighted by atomic mass is 16.3. The van der Waals surface area contributed by atoms with Crippen molar-refractivity contribution in [3.8, 4) is 51.0 Å². The van der Waals surface area contributed by atoms with E-state index in [9.17, 15) is 0 Å². The molecule has 0 bridgehead atoms. The van der Waals surface area contributed by atoms with Crippen LogP contribution in [0.1, 0.15) is 0 Å². The van der Waals surface area contributed by atoms with Crippen LogP contribution in [0.3, 0.4) is 0 Å². The second-order valence-corrected chi connectivity index (χ2v) is 16.7. The van der Waals surface area contributed by atoms with Gasteiger partial charge in [-0.05, 0) is 62.7 Å². The van der Waals surface area contributed by atoms with Crippen LogP contribution in [0.2, 0.25) is 0 Å². The van der Waals surface area contributed by atoms with Gasteiger partial charge in [0.25, 0.3) is 0 Å². The van der Waals surface area contributed by atoms with Crippen LogP contribution in [-0.4, -0.2) is 90.1 Å². The fourth-order valence-electron chi connectivity index (χ4n) is 9.58. The lowest BCUT2D eigenvalue weighted by Gasteiger charge is -2.21. The highest BCUT2D eigenvalue weighted by molar-refractivity contribution is 6.71. The van der Waals surface area contributed by atoms with Crippen molar-refractivity contribution < 1.29 is 4.42 Å². The van der Waals surface area contributed by atoms with Crippen LogP contribution in [0.5, 0.6) is 0 Å². The minimum atomic E-state index is 0.0510. The average molecular weight is 829 g/mol. The van der Waals surface area contributed by atoms with Crippen LogP contribution in [-0.2, 0) is 0 Å². The van der Waals surface area contributed by atoms with Crippen LogP contribution in [0.25, 0.3) is 116 Å². The minimum Gasteiger partial charge on any atom is -0.456 e. The summed E-state index contributed by atoms with van der Waals surface area (Å²) in [5, 5.41) is 5.66. The number of hydrogen-bond acceptors (Lipinski definition) is 4. The Morgan fingerprint density at radius 3 is 1.51 bits per heavy atom. The Hall–Kier alpha value is -7.31. The summed E-state index contributed by atoms with van der Waals surface area (Å²) < 4.78 is 8.62. The van der Waals surface area contributed by atoms with Crippen molar-refractivity contribution in [2.45, 2.75) is 0 Å². The summed E-state index contributed by atoms with van der Waals surface area (Å²) in [5.41, 5.74) is 7.96. The lowest BCUT2D eigenvalue weighted by Crippen LogP contribution is -2.49. The molecule has 5 nitrogen and oxygen atoms in total. The van der Waals surface area contributed by atoms with Gasteiger partial charge in [0.15, 0.2) is 11.6 Å². The summed E-state index contributed by atoms with van der Waals surface area (Å²) in [6, 6.07) is 47.5. The SMILES string of the molecule is [B]c1c([B])c([B])c2c(oc3c4c([B])c([B])c([B])c([B])c4c([B])c(-c4nc(-c5cccc(-c6ccc(-c7ccc8ccccc8c7)cc6)c5)nc(-n5c6ccccc6c6ccccc65)n4)c32)c1[B]. The number of benzene rings is 9. The molecule has 12 rings (SSSR count). The molecule has 0 N–H and O–H groups in total. The Morgan fingerprint density at radius 1 is 0.343 bits per heavy atom. The number of aromatic nitrogens is 4. The number of furan rings is 1. The van der Waals surface area contributed by atoms with Gasteiger partial charge in [0.1, 0.15) is 81.8 Å².